The lowest BCUT2D eigenvalue weighted by molar-refractivity contribution is -0.143. The second kappa shape index (κ2) is 7.09. The van der Waals surface area contributed by atoms with E-state index in [0.717, 1.165) is 15.8 Å². The van der Waals surface area contributed by atoms with Crippen LogP contribution >= 0.6 is 15.9 Å². The van der Waals surface area contributed by atoms with Gasteiger partial charge in [-0.3, -0.25) is 4.79 Å². The van der Waals surface area contributed by atoms with Gasteiger partial charge in [0.25, 0.3) is 0 Å². The van der Waals surface area contributed by atoms with Crippen LogP contribution in [0.2, 0.25) is 0 Å². The number of aliphatic hydroxyl groups excluding tert-OH is 1. The highest BCUT2D eigenvalue weighted by molar-refractivity contribution is 9.10. The van der Waals surface area contributed by atoms with E-state index < -0.39 is 12.1 Å². The number of aliphatic hydroxyl groups is 1. The molecule has 0 saturated heterocycles. The maximum Gasteiger partial charge on any atom is 0.308 e. The number of methoxy groups -OCH3 is 2. The zero-order valence-corrected chi connectivity index (χ0v) is 13.9. The van der Waals surface area contributed by atoms with Crippen molar-refractivity contribution < 1.29 is 19.4 Å². The van der Waals surface area contributed by atoms with Crippen molar-refractivity contribution in [3.05, 3.63) is 28.2 Å². The summed E-state index contributed by atoms with van der Waals surface area (Å²) in [6, 6.07) is 5.76. The third-order valence-electron chi connectivity index (χ3n) is 3.27. The molecule has 1 rings (SSSR count). The summed E-state index contributed by atoms with van der Waals surface area (Å²) in [7, 11) is 2.94. The first-order chi connectivity index (χ1) is 9.30. The van der Waals surface area contributed by atoms with Crippen LogP contribution in [-0.4, -0.2) is 31.4 Å². The molecule has 0 spiro atoms. The summed E-state index contributed by atoms with van der Waals surface area (Å²) in [5.41, 5.74) is 0.654. The first-order valence-corrected chi connectivity index (χ1v) is 7.18. The number of rotatable bonds is 6. The van der Waals surface area contributed by atoms with Crippen LogP contribution in [0.25, 0.3) is 0 Å². The number of hydrogen-bond acceptors (Lipinski definition) is 4. The number of carbonyl (C=O) groups excluding carboxylic acids is 1. The average Bonchev–Trinajstić information content (AvgIpc) is 2.37. The van der Waals surface area contributed by atoms with Gasteiger partial charge in [0.2, 0.25) is 0 Å². The monoisotopic (exact) mass is 344 g/mol. The summed E-state index contributed by atoms with van der Waals surface area (Å²) in [4.78, 5) is 11.2. The van der Waals surface area contributed by atoms with E-state index in [9.17, 15) is 9.90 Å². The van der Waals surface area contributed by atoms with Crippen molar-refractivity contribution >= 4 is 21.9 Å². The van der Waals surface area contributed by atoms with Gasteiger partial charge < -0.3 is 14.6 Å². The maximum absolute atomic E-state index is 11.2. The topological polar surface area (TPSA) is 55.8 Å². The van der Waals surface area contributed by atoms with Gasteiger partial charge in [-0.1, -0.05) is 29.8 Å². The highest BCUT2D eigenvalue weighted by Gasteiger charge is 2.28. The van der Waals surface area contributed by atoms with E-state index in [-0.39, 0.29) is 11.8 Å². The number of halogens is 1. The van der Waals surface area contributed by atoms with Crippen molar-refractivity contribution in [3.8, 4) is 5.75 Å². The third kappa shape index (κ3) is 4.49. The second-order valence-corrected chi connectivity index (χ2v) is 6.28. The van der Waals surface area contributed by atoms with E-state index in [1.54, 1.807) is 7.11 Å². The van der Waals surface area contributed by atoms with Crippen LogP contribution in [0.5, 0.6) is 5.75 Å². The molecule has 0 aromatic heterocycles. The molecular formula is C15H21BrO4. The molecule has 0 bridgehead atoms. The third-order valence-corrected chi connectivity index (χ3v) is 3.76. The van der Waals surface area contributed by atoms with Crippen LogP contribution < -0.4 is 4.74 Å². The van der Waals surface area contributed by atoms with Gasteiger partial charge in [0.15, 0.2) is 0 Å². The van der Waals surface area contributed by atoms with Crippen molar-refractivity contribution in [2.24, 2.45) is 0 Å². The Bertz CT molecular complexity index is 471. The molecule has 112 valence electrons. The number of carbonyl (C=O) groups is 1. The zero-order valence-electron chi connectivity index (χ0n) is 12.3. The Balaban J connectivity index is 2.92. The molecule has 1 aromatic carbocycles. The summed E-state index contributed by atoms with van der Waals surface area (Å²) >= 11 is 3.44. The van der Waals surface area contributed by atoms with Gasteiger partial charge in [0, 0.05) is 10.0 Å². The number of benzene rings is 1. The standard InChI is InChI=1S/C15H21BrO4/c1-15(2,9-11(17)8-14(18)20-4)12-7-10(16)5-6-13(12)19-3/h5-7,11,17H,8-9H2,1-4H3. The lowest BCUT2D eigenvalue weighted by Gasteiger charge is -2.29. The summed E-state index contributed by atoms with van der Waals surface area (Å²) < 4.78 is 10.9. The SMILES string of the molecule is COC(=O)CC(O)CC(C)(C)c1cc(Br)ccc1OC. The predicted octanol–water partition coefficient (Wildman–Crippen LogP) is 3.05. The molecule has 20 heavy (non-hydrogen) atoms. The Morgan fingerprint density at radius 2 is 2.05 bits per heavy atom. The van der Waals surface area contributed by atoms with Gasteiger partial charge in [0.1, 0.15) is 5.75 Å². The molecule has 0 aliphatic carbocycles. The van der Waals surface area contributed by atoms with Gasteiger partial charge in [-0.25, -0.2) is 0 Å². The van der Waals surface area contributed by atoms with Crippen molar-refractivity contribution in [3.63, 3.8) is 0 Å². The Hall–Kier alpha value is -1.07. The summed E-state index contributed by atoms with van der Waals surface area (Å²) in [6.07, 6.45) is -0.313. The molecule has 0 aliphatic rings. The molecule has 1 N–H and O–H groups in total. The first kappa shape index (κ1) is 17.0. The second-order valence-electron chi connectivity index (χ2n) is 5.37. The normalized spacial score (nSPS) is 12.9. The van der Waals surface area contributed by atoms with Gasteiger partial charge in [-0.2, -0.15) is 0 Å². The minimum atomic E-state index is -0.749. The fraction of sp³-hybridized carbons (Fsp3) is 0.533. The first-order valence-electron chi connectivity index (χ1n) is 6.39. The molecule has 4 nitrogen and oxygen atoms in total. The van der Waals surface area contributed by atoms with Gasteiger partial charge in [-0.05, 0) is 30.0 Å². The Morgan fingerprint density at radius 3 is 2.60 bits per heavy atom. The van der Waals surface area contributed by atoms with E-state index >= 15 is 0 Å². The fourth-order valence-electron chi connectivity index (χ4n) is 2.26. The molecule has 1 atom stereocenters. The predicted molar refractivity (Wildman–Crippen MR) is 81.0 cm³/mol. The van der Waals surface area contributed by atoms with Crippen LogP contribution in [0, 0.1) is 0 Å². The van der Waals surface area contributed by atoms with E-state index in [0.29, 0.717) is 6.42 Å². The Labute approximate surface area is 128 Å². The maximum atomic E-state index is 11.2. The van der Waals surface area contributed by atoms with E-state index in [1.807, 2.05) is 32.0 Å². The van der Waals surface area contributed by atoms with Crippen molar-refractivity contribution in [2.75, 3.05) is 14.2 Å². The van der Waals surface area contributed by atoms with Crippen LogP contribution in [0.4, 0.5) is 0 Å². The molecule has 0 amide bonds. The Kier molecular flexibility index (Phi) is 6.02. The van der Waals surface area contributed by atoms with Crippen LogP contribution in [0.1, 0.15) is 32.3 Å². The molecule has 1 aromatic rings. The summed E-state index contributed by atoms with van der Waals surface area (Å²) in [6.45, 7) is 4.02. The number of esters is 1. The highest BCUT2D eigenvalue weighted by Crippen LogP contribution is 2.37. The molecule has 0 fully saturated rings. The molecule has 0 aliphatic heterocycles. The summed E-state index contributed by atoms with van der Waals surface area (Å²) in [5, 5.41) is 10.0. The smallest absolute Gasteiger partial charge is 0.308 e. The highest BCUT2D eigenvalue weighted by atomic mass is 79.9. The molecule has 0 saturated carbocycles. The van der Waals surface area contributed by atoms with Crippen molar-refractivity contribution in [1.29, 1.82) is 0 Å². The molecule has 5 heteroatoms. The van der Waals surface area contributed by atoms with Crippen LogP contribution in [0.15, 0.2) is 22.7 Å². The molecule has 0 radical (unpaired) electrons. The zero-order chi connectivity index (χ0) is 15.3. The van der Waals surface area contributed by atoms with Crippen molar-refractivity contribution in [2.45, 2.75) is 38.2 Å². The minimum Gasteiger partial charge on any atom is -0.496 e. The fourth-order valence-corrected chi connectivity index (χ4v) is 2.62. The quantitative estimate of drug-likeness (QED) is 0.805. The molecule has 1 unspecified atom stereocenters. The lowest BCUT2D eigenvalue weighted by Crippen LogP contribution is -2.27. The Morgan fingerprint density at radius 1 is 1.40 bits per heavy atom. The van der Waals surface area contributed by atoms with Gasteiger partial charge in [0.05, 0.1) is 26.7 Å². The molecular weight excluding hydrogens is 324 g/mol. The van der Waals surface area contributed by atoms with Gasteiger partial charge in [-0.15, -0.1) is 0 Å². The van der Waals surface area contributed by atoms with Gasteiger partial charge >= 0.3 is 5.97 Å². The van der Waals surface area contributed by atoms with E-state index in [1.165, 1.54) is 7.11 Å². The minimum absolute atomic E-state index is 0.00372. The number of ether oxygens (including phenoxy) is 2. The summed E-state index contributed by atoms with van der Waals surface area (Å²) in [5.74, 6) is 0.359. The van der Waals surface area contributed by atoms with Crippen LogP contribution in [-0.2, 0) is 14.9 Å². The lowest BCUT2D eigenvalue weighted by atomic mass is 9.78. The van der Waals surface area contributed by atoms with E-state index in [2.05, 4.69) is 20.7 Å². The largest absolute Gasteiger partial charge is 0.496 e. The van der Waals surface area contributed by atoms with Crippen LogP contribution in [0.3, 0.4) is 0 Å². The van der Waals surface area contributed by atoms with E-state index in [4.69, 9.17) is 4.74 Å². The molecule has 0 heterocycles. The number of hydrogen-bond donors (Lipinski definition) is 1. The average molecular weight is 345 g/mol. The van der Waals surface area contributed by atoms with Crippen molar-refractivity contribution in [1.82, 2.24) is 0 Å².